The Morgan fingerprint density at radius 2 is 1.89 bits per heavy atom. The molecule has 0 fully saturated rings. The van der Waals surface area contributed by atoms with E-state index in [0.717, 1.165) is 6.42 Å². The molecule has 0 aliphatic rings. The Hall–Kier alpha value is -2.35. The molecule has 19 heavy (non-hydrogen) atoms. The number of nitriles is 1. The first-order valence-corrected chi connectivity index (χ1v) is 6.14. The third-order valence-electron chi connectivity index (χ3n) is 2.64. The maximum absolute atomic E-state index is 11.6. The smallest absolute Gasteiger partial charge is 0.233 e. The van der Waals surface area contributed by atoms with Crippen LogP contribution in [0, 0.1) is 11.3 Å². The third-order valence-corrected chi connectivity index (χ3v) is 2.64. The summed E-state index contributed by atoms with van der Waals surface area (Å²) in [6.07, 6.45) is 0.618. The number of benzene rings is 1. The molecule has 1 rings (SSSR count). The van der Waals surface area contributed by atoms with Gasteiger partial charge in [-0.15, -0.1) is 0 Å². The number of anilines is 1. The van der Waals surface area contributed by atoms with Crippen molar-refractivity contribution in [2.45, 2.75) is 32.7 Å². The van der Waals surface area contributed by atoms with Crippen molar-refractivity contribution in [1.29, 1.82) is 5.26 Å². The minimum absolute atomic E-state index is 0.0650. The molecule has 0 radical (unpaired) electrons. The highest BCUT2D eigenvalue weighted by Gasteiger charge is 2.11. The summed E-state index contributed by atoms with van der Waals surface area (Å²) in [5.41, 5.74) is 1.09. The van der Waals surface area contributed by atoms with E-state index < -0.39 is 0 Å². The second-order valence-corrected chi connectivity index (χ2v) is 4.29. The van der Waals surface area contributed by atoms with Gasteiger partial charge in [0, 0.05) is 11.7 Å². The molecule has 2 amide bonds. The number of carbonyl (C=O) groups excluding carboxylic acids is 2. The van der Waals surface area contributed by atoms with Crippen molar-refractivity contribution in [1.82, 2.24) is 5.32 Å². The lowest BCUT2D eigenvalue weighted by molar-refractivity contribution is -0.127. The molecule has 0 saturated carbocycles. The van der Waals surface area contributed by atoms with E-state index >= 15 is 0 Å². The molecule has 0 spiro atoms. The lowest BCUT2D eigenvalue weighted by Gasteiger charge is -2.11. The number of rotatable bonds is 5. The summed E-state index contributed by atoms with van der Waals surface area (Å²) in [5.74, 6) is -0.661. The zero-order valence-electron chi connectivity index (χ0n) is 11.1. The molecule has 0 aliphatic heterocycles. The summed E-state index contributed by atoms with van der Waals surface area (Å²) >= 11 is 0. The fraction of sp³-hybridized carbons (Fsp3) is 0.357. The van der Waals surface area contributed by atoms with Crippen LogP contribution in [-0.2, 0) is 9.59 Å². The molecule has 1 atom stereocenters. The molecule has 1 aromatic rings. The van der Waals surface area contributed by atoms with Crippen LogP contribution in [0.1, 0.15) is 32.3 Å². The molecule has 5 heteroatoms. The van der Waals surface area contributed by atoms with Gasteiger partial charge in [0.15, 0.2) is 0 Å². The fourth-order valence-electron chi connectivity index (χ4n) is 1.41. The predicted octanol–water partition coefficient (Wildman–Crippen LogP) is 1.80. The van der Waals surface area contributed by atoms with Crippen molar-refractivity contribution < 1.29 is 9.59 Å². The van der Waals surface area contributed by atoms with Crippen LogP contribution in [-0.4, -0.2) is 17.9 Å². The molecule has 1 aromatic carbocycles. The fourth-order valence-corrected chi connectivity index (χ4v) is 1.41. The number of nitrogens with one attached hydrogen (secondary N) is 2. The van der Waals surface area contributed by atoms with E-state index in [1.807, 2.05) is 19.9 Å². The van der Waals surface area contributed by atoms with Crippen molar-refractivity contribution >= 4 is 17.5 Å². The highest BCUT2D eigenvalue weighted by Crippen LogP contribution is 2.09. The summed E-state index contributed by atoms with van der Waals surface area (Å²) < 4.78 is 0. The molecule has 0 aliphatic carbocycles. The summed E-state index contributed by atoms with van der Waals surface area (Å²) in [6, 6.07) is 8.52. The zero-order valence-corrected chi connectivity index (χ0v) is 11.1. The molecule has 1 unspecified atom stereocenters. The Morgan fingerprint density at radius 1 is 1.26 bits per heavy atom. The van der Waals surface area contributed by atoms with Gasteiger partial charge in [-0.25, -0.2) is 0 Å². The number of carbonyl (C=O) groups is 2. The summed E-state index contributed by atoms with van der Waals surface area (Å²) in [6.45, 7) is 3.85. The molecule has 0 bridgehead atoms. The van der Waals surface area contributed by atoms with Gasteiger partial charge in [-0.3, -0.25) is 9.59 Å². The summed E-state index contributed by atoms with van der Waals surface area (Å²) in [5, 5.41) is 14.0. The number of hydrogen-bond acceptors (Lipinski definition) is 3. The van der Waals surface area contributed by atoms with Gasteiger partial charge in [0.1, 0.15) is 6.42 Å². The molecular weight excluding hydrogens is 242 g/mol. The van der Waals surface area contributed by atoms with E-state index in [2.05, 4.69) is 10.6 Å². The highest BCUT2D eigenvalue weighted by atomic mass is 16.2. The van der Waals surface area contributed by atoms with Crippen LogP contribution in [0.4, 0.5) is 5.69 Å². The Kier molecular flexibility index (Phi) is 5.55. The number of hydrogen-bond donors (Lipinski definition) is 2. The van der Waals surface area contributed by atoms with Crippen LogP contribution >= 0.6 is 0 Å². The van der Waals surface area contributed by atoms with Crippen LogP contribution in [0.25, 0.3) is 0 Å². The van der Waals surface area contributed by atoms with Gasteiger partial charge in [0.25, 0.3) is 0 Å². The average Bonchev–Trinajstić information content (AvgIpc) is 2.39. The first-order valence-electron chi connectivity index (χ1n) is 6.14. The van der Waals surface area contributed by atoms with Crippen molar-refractivity contribution in [3.63, 3.8) is 0 Å². The van der Waals surface area contributed by atoms with Gasteiger partial charge in [-0.2, -0.15) is 5.26 Å². The maximum Gasteiger partial charge on any atom is 0.233 e. The van der Waals surface area contributed by atoms with E-state index in [4.69, 9.17) is 5.26 Å². The van der Waals surface area contributed by atoms with Crippen LogP contribution in [0.3, 0.4) is 0 Å². The van der Waals surface area contributed by atoms with E-state index in [0.29, 0.717) is 11.3 Å². The largest absolute Gasteiger partial charge is 0.353 e. The Balaban J connectivity index is 2.46. The average molecular weight is 259 g/mol. The Morgan fingerprint density at radius 3 is 2.42 bits per heavy atom. The summed E-state index contributed by atoms with van der Waals surface area (Å²) in [4.78, 5) is 23.1. The van der Waals surface area contributed by atoms with Crippen molar-refractivity contribution in [3.05, 3.63) is 29.8 Å². The lowest BCUT2D eigenvalue weighted by atomic mass is 10.2. The van der Waals surface area contributed by atoms with Gasteiger partial charge in [-0.1, -0.05) is 6.92 Å². The zero-order chi connectivity index (χ0) is 14.3. The number of nitrogens with zero attached hydrogens (tertiary/aromatic N) is 1. The van der Waals surface area contributed by atoms with E-state index in [-0.39, 0.29) is 24.3 Å². The van der Waals surface area contributed by atoms with Crippen molar-refractivity contribution in [3.8, 4) is 6.07 Å². The molecule has 0 heterocycles. The first kappa shape index (κ1) is 14.7. The van der Waals surface area contributed by atoms with Crippen molar-refractivity contribution in [2.24, 2.45) is 0 Å². The standard InChI is InChI=1S/C14H17N3O2/c1-3-10(2)16-13(18)8-14(19)17-12-6-4-11(9-15)5-7-12/h4-7,10H,3,8H2,1-2H3,(H,16,18)(H,17,19). The predicted molar refractivity (Wildman–Crippen MR) is 72.3 cm³/mol. The molecule has 5 nitrogen and oxygen atoms in total. The van der Waals surface area contributed by atoms with Crippen LogP contribution in [0.5, 0.6) is 0 Å². The minimum Gasteiger partial charge on any atom is -0.353 e. The maximum atomic E-state index is 11.6. The van der Waals surface area contributed by atoms with E-state index in [9.17, 15) is 9.59 Å². The summed E-state index contributed by atoms with van der Waals surface area (Å²) in [7, 11) is 0. The highest BCUT2D eigenvalue weighted by molar-refractivity contribution is 6.03. The molecular formula is C14H17N3O2. The number of amides is 2. The molecule has 100 valence electrons. The van der Waals surface area contributed by atoms with Crippen LogP contribution < -0.4 is 10.6 Å². The van der Waals surface area contributed by atoms with Gasteiger partial charge in [0.2, 0.25) is 11.8 Å². The van der Waals surface area contributed by atoms with Gasteiger partial charge < -0.3 is 10.6 Å². The normalized spacial score (nSPS) is 11.2. The lowest BCUT2D eigenvalue weighted by Crippen LogP contribution is -2.34. The van der Waals surface area contributed by atoms with E-state index in [1.54, 1.807) is 24.3 Å². The topological polar surface area (TPSA) is 82.0 Å². The van der Waals surface area contributed by atoms with Crippen LogP contribution in [0.2, 0.25) is 0 Å². The second kappa shape index (κ2) is 7.17. The van der Waals surface area contributed by atoms with Crippen molar-refractivity contribution in [2.75, 3.05) is 5.32 Å². The van der Waals surface area contributed by atoms with Crippen LogP contribution in [0.15, 0.2) is 24.3 Å². The van der Waals surface area contributed by atoms with E-state index in [1.165, 1.54) is 0 Å². The Bertz CT molecular complexity index is 488. The van der Waals surface area contributed by atoms with Gasteiger partial charge in [-0.05, 0) is 37.6 Å². The quantitative estimate of drug-likeness (QED) is 0.791. The monoisotopic (exact) mass is 259 g/mol. The minimum atomic E-state index is -0.370. The molecule has 0 saturated heterocycles. The van der Waals surface area contributed by atoms with Gasteiger partial charge in [0.05, 0.1) is 11.6 Å². The first-order chi connectivity index (χ1) is 9.05. The molecule has 0 aromatic heterocycles. The molecule has 2 N–H and O–H groups in total. The Labute approximate surface area is 112 Å². The SMILES string of the molecule is CCC(C)NC(=O)CC(=O)Nc1ccc(C#N)cc1. The second-order valence-electron chi connectivity index (χ2n) is 4.29. The third kappa shape index (κ3) is 5.21. The van der Waals surface area contributed by atoms with Gasteiger partial charge >= 0.3 is 0 Å².